The van der Waals surface area contributed by atoms with Crippen molar-refractivity contribution in [1.82, 2.24) is 4.31 Å². The molecule has 134 valence electrons. The quantitative estimate of drug-likeness (QED) is 0.749. The fraction of sp³-hybridized carbons (Fsp3) is 0.294. The monoisotopic (exact) mass is 389 g/mol. The van der Waals surface area contributed by atoms with E-state index in [1.807, 2.05) is 0 Å². The minimum absolute atomic E-state index is 0.160. The van der Waals surface area contributed by atoms with Gasteiger partial charge in [0.25, 0.3) is 0 Å². The lowest BCUT2D eigenvalue weighted by atomic mass is 10.1. The molecule has 0 aromatic heterocycles. The Morgan fingerprint density at radius 2 is 1.76 bits per heavy atom. The zero-order chi connectivity index (χ0) is 18.2. The summed E-state index contributed by atoms with van der Waals surface area (Å²) in [4.78, 5) is -0.757. The van der Waals surface area contributed by atoms with Gasteiger partial charge >= 0.3 is 6.18 Å². The Morgan fingerprint density at radius 3 is 2.40 bits per heavy atom. The van der Waals surface area contributed by atoms with Crippen LogP contribution in [0.3, 0.4) is 0 Å². The maximum absolute atomic E-state index is 13.3. The van der Waals surface area contributed by atoms with E-state index in [4.69, 9.17) is 11.6 Å². The first-order valence-corrected chi connectivity index (χ1v) is 9.46. The van der Waals surface area contributed by atoms with Gasteiger partial charge in [-0.1, -0.05) is 41.9 Å². The lowest BCUT2D eigenvalue weighted by molar-refractivity contribution is -0.139. The van der Waals surface area contributed by atoms with E-state index in [1.165, 1.54) is 0 Å². The van der Waals surface area contributed by atoms with Crippen LogP contribution in [0.25, 0.3) is 0 Å². The fourth-order valence-corrected chi connectivity index (χ4v) is 5.16. The van der Waals surface area contributed by atoms with Crippen LogP contribution in [0.2, 0.25) is 5.02 Å². The molecule has 0 bridgehead atoms. The van der Waals surface area contributed by atoms with Gasteiger partial charge in [0.15, 0.2) is 0 Å². The Morgan fingerprint density at radius 1 is 1.08 bits per heavy atom. The molecule has 1 aliphatic rings. The third-order valence-electron chi connectivity index (χ3n) is 4.22. The topological polar surface area (TPSA) is 37.4 Å². The molecule has 1 saturated heterocycles. The Hall–Kier alpha value is -1.57. The minimum atomic E-state index is -4.81. The lowest BCUT2D eigenvalue weighted by Crippen LogP contribution is -2.32. The smallest absolute Gasteiger partial charge is 0.207 e. The highest BCUT2D eigenvalue weighted by molar-refractivity contribution is 7.89. The molecule has 0 unspecified atom stereocenters. The second-order valence-electron chi connectivity index (χ2n) is 5.82. The van der Waals surface area contributed by atoms with Crippen LogP contribution in [-0.2, 0) is 16.2 Å². The molecule has 3 rings (SSSR count). The van der Waals surface area contributed by atoms with Gasteiger partial charge in [-0.3, -0.25) is 0 Å². The van der Waals surface area contributed by atoms with Gasteiger partial charge in [0.05, 0.1) is 16.5 Å². The van der Waals surface area contributed by atoms with Crippen molar-refractivity contribution in [2.75, 3.05) is 6.54 Å². The number of sulfonamides is 1. The van der Waals surface area contributed by atoms with Gasteiger partial charge in [-0.2, -0.15) is 17.5 Å². The van der Waals surface area contributed by atoms with Crippen LogP contribution in [0, 0.1) is 0 Å². The van der Waals surface area contributed by atoms with Gasteiger partial charge in [-0.05, 0) is 36.6 Å². The molecule has 1 aliphatic heterocycles. The predicted octanol–water partition coefficient (Wildman–Crippen LogP) is 4.88. The molecule has 0 saturated carbocycles. The van der Waals surface area contributed by atoms with E-state index in [0.29, 0.717) is 18.9 Å². The van der Waals surface area contributed by atoms with Gasteiger partial charge in [0, 0.05) is 11.6 Å². The Kier molecular flexibility index (Phi) is 4.83. The number of hydrogen-bond acceptors (Lipinski definition) is 2. The number of nitrogens with zero attached hydrogens (tertiary/aromatic N) is 1. The first kappa shape index (κ1) is 18.2. The molecule has 1 atom stereocenters. The number of benzene rings is 2. The maximum Gasteiger partial charge on any atom is 0.417 e. The van der Waals surface area contributed by atoms with Crippen molar-refractivity contribution in [3.8, 4) is 0 Å². The summed E-state index contributed by atoms with van der Waals surface area (Å²) in [6, 6.07) is 11.2. The summed E-state index contributed by atoms with van der Waals surface area (Å²) in [5, 5.41) is -0.160. The summed E-state index contributed by atoms with van der Waals surface area (Å²) in [5.74, 6) is 0. The number of alkyl halides is 3. The van der Waals surface area contributed by atoms with Gasteiger partial charge < -0.3 is 0 Å². The van der Waals surface area contributed by atoms with Crippen molar-refractivity contribution in [2.45, 2.75) is 30.0 Å². The van der Waals surface area contributed by atoms with Crippen molar-refractivity contribution in [1.29, 1.82) is 0 Å². The predicted molar refractivity (Wildman–Crippen MR) is 88.8 cm³/mol. The summed E-state index contributed by atoms with van der Waals surface area (Å²) in [6.07, 6.45) is -3.65. The Bertz CT molecular complexity index is 869. The molecule has 1 fully saturated rings. The van der Waals surface area contributed by atoms with E-state index in [1.54, 1.807) is 30.3 Å². The highest BCUT2D eigenvalue weighted by Gasteiger charge is 2.42. The zero-order valence-electron chi connectivity index (χ0n) is 13.0. The van der Waals surface area contributed by atoms with Gasteiger partial charge in [0.2, 0.25) is 10.0 Å². The first-order chi connectivity index (χ1) is 11.7. The molecule has 2 aromatic carbocycles. The number of rotatable bonds is 3. The highest BCUT2D eigenvalue weighted by Crippen LogP contribution is 2.41. The second kappa shape index (κ2) is 6.63. The molecule has 0 aliphatic carbocycles. The van der Waals surface area contributed by atoms with Crippen LogP contribution in [0.4, 0.5) is 13.2 Å². The van der Waals surface area contributed by atoms with Crippen LogP contribution >= 0.6 is 11.6 Å². The molecular formula is C17H15ClF3NO2S. The van der Waals surface area contributed by atoms with E-state index in [-0.39, 0.29) is 11.6 Å². The highest BCUT2D eigenvalue weighted by atomic mass is 35.5. The van der Waals surface area contributed by atoms with Crippen molar-refractivity contribution in [3.63, 3.8) is 0 Å². The van der Waals surface area contributed by atoms with Crippen molar-refractivity contribution in [2.24, 2.45) is 0 Å². The molecule has 0 radical (unpaired) electrons. The standard InChI is InChI=1S/C17H15ClF3NO2S/c18-13-8-9-16(14(11-13)17(19,20)21)25(23,24)22-10-4-7-15(22)12-5-2-1-3-6-12/h1-3,5-6,8-9,11,15H,4,7,10H2/t15-/m1/s1. The average Bonchev–Trinajstić information content (AvgIpc) is 3.05. The number of hydrogen-bond donors (Lipinski definition) is 0. The molecule has 0 spiro atoms. The molecule has 3 nitrogen and oxygen atoms in total. The first-order valence-electron chi connectivity index (χ1n) is 7.65. The molecule has 1 heterocycles. The molecule has 2 aromatic rings. The average molecular weight is 390 g/mol. The van der Waals surface area contributed by atoms with Crippen molar-refractivity contribution < 1.29 is 21.6 Å². The minimum Gasteiger partial charge on any atom is -0.207 e. The fourth-order valence-electron chi connectivity index (χ4n) is 3.11. The van der Waals surface area contributed by atoms with E-state index in [2.05, 4.69) is 0 Å². The third kappa shape index (κ3) is 3.54. The summed E-state index contributed by atoms with van der Waals surface area (Å²) in [7, 11) is -4.31. The van der Waals surface area contributed by atoms with Gasteiger partial charge in [0.1, 0.15) is 0 Å². The summed E-state index contributed by atoms with van der Waals surface area (Å²) >= 11 is 5.65. The normalized spacial score (nSPS) is 19.3. The lowest BCUT2D eigenvalue weighted by Gasteiger charge is -2.26. The van der Waals surface area contributed by atoms with Crippen LogP contribution in [-0.4, -0.2) is 19.3 Å². The second-order valence-corrected chi connectivity index (χ2v) is 8.12. The third-order valence-corrected chi connectivity index (χ3v) is 6.42. The summed E-state index contributed by atoms with van der Waals surface area (Å²) in [6.45, 7) is 0.182. The van der Waals surface area contributed by atoms with E-state index < -0.39 is 32.7 Å². The Balaban J connectivity index is 2.08. The zero-order valence-corrected chi connectivity index (χ0v) is 14.6. The molecule has 0 N–H and O–H groups in total. The number of halogens is 4. The molecular weight excluding hydrogens is 375 g/mol. The van der Waals surface area contributed by atoms with Gasteiger partial charge in [-0.15, -0.1) is 0 Å². The van der Waals surface area contributed by atoms with Gasteiger partial charge in [-0.25, -0.2) is 8.42 Å². The van der Waals surface area contributed by atoms with Crippen LogP contribution in [0.15, 0.2) is 53.4 Å². The summed E-state index contributed by atoms with van der Waals surface area (Å²) in [5.41, 5.74) is -0.468. The summed E-state index contributed by atoms with van der Waals surface area (Å²) < 4.78 is 67.1. The molecule has 8 heteroatoms. The van der Waals surface area contributed by atoms with Crippen molar-refractivity contribution in [3.05, 3.63) is 64.7 Å². The van der Waals surface area contributed by atoms with Crippen LogP contribution < -0.4 is 0 Å². The largest absolute Gasteiger partial charge is 0.417 e. The maximum atomic E-state index is 13.3. The molecule has 25 heavy (non-hydrogen) atoms. The van der Waals surface area contributed by atoms with Crippen LogP contribution in [0.5, 0.6) is 0 Å². The van der Waals surface area contributed by atoms with E-state index in [0.717, 1.165) is 22.0 Å². The van der Waals surface area contributed by atoms with E-state index >= 15 is 0 Å². The Labute approximate surface area is 149 Å². The SMILES string of the molecule is O=S(=O)(c1ccc(Cl)cc1C(F)(F)F)N1CCC[C@@H]1c1ccccc1. The molecule has 0 amide bonds. The van der Waals surface area contributed by atoms with E-state index in [9.17, 15) is 21.6 Å². The van der Waals surface area contributed by atoms with Crippen LogP contribution in [0.1, 0.15) is 30.0 Å². The van der Waals surface area contributed by atoms with Crippen molar-refractivity contribution >= 4 is 21.6 Å².